The van der Waals surface area contributed by atoms with Crippen LogP contribution in [-0.2, 0) is 24.4 Å². The zero-order valence-electron chi connectivity index (χ0n) is 15.7. The van der Waals surface area contributed by atoms with E-state index in [9.17, 15) is 14.0 Å². The molecule has 0 unspecified atom stereocenters. The van der Waals surface area contributed by atoms with E-state index in [-0.39, 0.29) is 23.8 Å². The first-order chi connectivity index (χ1) is 14.1. The molecule has 4 rings (SSSR count). The monoisotopic (exact) mass is 389 g/mol. The number of aromatic nitrogens is 2. The summed E-state index contributed by atoms with van der Waals surface area (Å²) in [5.41, 5.74) is 2.00. The molecule has 2 heterocycles. The van der Waals surface area contributed by atoms with Crippen molar-refractivity contribution in [2.24, 2.45) is 0 Å². The topological polar surface area (TPSA) is 56.0 Å². The summed E-state index contributed by atoms with van der Waals surface area (Å²) in [4.78, 5) is 25.3. The van der Waals surface area contributed by atoms with E-state index in [1.54, 1.807) is 23.0 Å². The number of carbonyl (C=O) groups is 1. The van der Waals surface area contributed by atoms with E-state index < -0.39 is 0 Å². The Morgan fingerprint density at radius 2 is 1.62 bits per heavy atom. The van der Waals surface area contributed by atoms with Gasteiger partial charge in [-0.15, -0.1) is 0 Å². The molecule has 0 spiro atoms. The van der Waals surface area contributed by atoms with Crippen LogP contribution in [0.2, 0.25) is 0 Å². The first-order valence-electron chi connectivity index (χ1n) is 9.33. The van der Waals surface area contributed by atoms with E-state index in [0.29, 0.717) is 18.6 Å². The first-order valence-corrected chi connectivity index (χ1v) is 9.33. The molecule has 0 radical (unpaired) electrons. The average Bonchev–Trinajstić information content (AvgIpc) is 3.13. The zero-order valence-corrected chi connectivity index (χ0v) is 15.7. The highest BCUT2D eigenvalue weighted by Gasteiger charge is 2.11. The fourth-order valence-corrected chi connectivity index (χ4v) is 3.34. The number of fused-ring (bicyclic) bond motifs is 1. The van der Waals surface area contributed by atoms with E-state index in [1.165, 1.54) is 16.7 Å². The van der Waals surface area contributed by atoms with Crippen molar-refractivity contribution in [1.29, 1.82) is 0 Å². The summed E-state index contributed by atoms with van der Waals surface area (Å²) in [5, 5.41) is 3.61. The molecule has 4 aromatic rings. The smallest absolute Gasteiger partial charge is 0.275 e. The van der Waals surface area contributed by atoms with Gasteiger partial charge in [0.15, 0.2) is 0 Å². The Balaban J connectivity index is 1.54. The zero-order chi connectivity index (χ0) is 20.2. The Morgan fingerprint density at radius 1 is 0.897 bits per heavy atom. The van der Waals surface area contributed by atoms with Crippen LogP contribution in [-0.4, -0.2) is 15.0 Å². The molecule has 0 atom stereocenters. The van der Waals surface area contributed by atoms with Crippen molar-refractivity contribution in [2.45, 2.75) is 19.6 Å². The number of hydrogen-bond donors (Lipinski definition) is 1. The molecule has 0 aliphatic heterocycles. The van der Waals surface area contributed by atoms with Crippen LogP contribution < -0.4 is 10.9 Å². The second-order valence-electron chi connectivity index (χ2n) is 6.89. The summed E-state index contributed by atoms with van der Waals surface area (Å²) in [6, 6.07) is 19.5. The van der Waals surface area contributed by atoms with Crippen LogP contribution in [0.1, 0.15) is 11.1 Å². The normalized spacial score (nSPS) is 10.9. The second-order valence-corrected chi connectivity index (χ2v) is 6.89. The number of benzene rings is 2. The molecule has 0 aliphatic carbocycles. The van der Waals surface area contributed by atoms with Crippen molar-refractivity contribution in [2.75, 3.05) is 0 Å². The van der Waals surface area contributed by atoms with Crippen molar-refractivity contribution in [3.8, 4) is 0 Å². The van der Waals surface area contributed by atoms with Crippen LogP contribution in [0.25, 0.3) is 10.9 Å². The largest absolute Gasteiger partial charge is 0.350 e. The molecular formula is C23H20FN3O2. The Morgan fingerprint density at radius 3 is 2.38 bits per heavy atom. The van der Waals surface area contributed by atoms with Gasteiger partial charge in [-0.3, -0.25) is 9.59 Å². The molecule has 29 heavy (non-hydrogen) atoms. The third-order valence-corrected chi connectivity index (χ3v) is 4.78. The maximum Gasteiger partial charge on any atom is 0.275 e. The molecule has 0 bridgehead atoms. The second kappa shape index (κ2) is 8.14. The Bertz CT molecular complexity index is 1210. The minimum absolute atomic E-state index is 0.0627. The number of hydrogen-bond acceptors (Lipinski definition) is 2. The van der Waals surface area contributed by atoms with Crippen LogP contribution in [0.4, 0.5) is 4.39 Å². The highest BCUT2D eigenvalue weighted by Crippen LogP contribution is 2.14. The number of nitrogens with one attached hydrogen (secondary N) is 1. The predicted octanol–water partition coefficient (Wildman–Crippen LogP) is 3.31. The maximum atomic E-state index is 13.5. The SMILES string of the molecule is O=C(Cn1ccc2ccn(Cc3cccc(F)c3)c2c1=O)NCc1ccccc1. The van der Waals surface area contributed by atoms with Crippen LogP contribution in [0.5, 0.6) is 0 Å². The standard InChI is InChI=1S/C23H20FN3O2/c24-20-8-4-7-18(13-20)15-26-11-9-19-10-12-27(23(29)22(19)26)16-21(28)25-14-17-5-2-1-3-6-17/h1-13H,14-16H2,(H,25,28). The van der Waals surface area contributed by atoms with Gasteiger partial charge in [-0.2, -0.15) is 0 Å². The van der Waals surface area contributed by atoms with Gasteiger partial charge in [0.25, 0.3) is 5.56 Å². The molecular weight excluding hydrogens is 369 g/mol. The van der Waals surface area contributed by atoms with Gasteiger partial charge in [0.05, 0.1) is 0 Å². The molecule has 0 aliphatic rings. The van der Waals surface area contributed by atoms with Crippen molar-refractivity contribution < 1.29 is 9.18 Å². The highest BCUT2D eigenvalue weighted by molar-refractivity contribution is 5.80. The summed E-state index contributed by atoms with van der Waals surface area (Å²) in [5.74, 6) is -0.551. The van der Waals surface area contributed by atoms with Crippen LogP contribution in [0.15, 0.2) is 83.9 Å². The van der Waals surface area contributed by atoms with Crippen LogP contribution in [0, 0.1) is 5.82 Å². The van der Waals surface area contributed by atoms with Crippen molar-refractivity contribution in [3.05, 3.63) is 106 Å². The number of amides is 1. The molecule has 2 aromatic heterocycles. The quantitative estimate of drug-likeness (QED) is 0.550. The third kappa shape index (κ3) is 4.27. The number of nitrogens with zero attached hydrogens (tertiary/aromatic N) is 2. The van der Waals surface area contributed by atoms with Crippen LogP contribution >= 0.6 is 0 Å². The summed E-state index contributed by atoms with van der Waals surface area (Å²) < 4.78 is 16.6. The van der Waals surface area contributed by atoms with Crippen molar-refractivity contribution in [1.82, 2.24) is 14.5 Å². The molecule has 6 heteroatoms. The maximum absolute atomic E-state index is 13.5. The fraction of sp³-hybridized carbons (Fsp3) is 0.130. The van der Waals surface area contributed by atoms with E-state index in [2.05, 4.69) is 5.32 Å². The van der Waals surface area contributed by atoms with Crippen molar-refractivity contribution >= 4 is 16.8 Å². The minimum atomic E-state index is -0.313. The van der Waals surface area contributed by atoms with E-state index in [0.717, 1.165) is 16.5 Å². The summed E-state index contributed by atoms with van der Waals surface area (Å²) >= 11 is 0. The van der Waals surface area contributed by atoms with Gasteiger partial charge in [-0.25, -0.2) is 4.39 Å². The molecule has 5 nitrogen and oxygen atoms in total. The number of carbonyl (C=O) groups excluding carboxylic acids is 1. The summed E-state index contributed by atoms with van der Waals surface area (Å²) in [6.45, 7) is 0.722. The molecule has 0 saturated heterocycles. The van der Waals surface area contributed by atoms with E-state index >= 15 is 0 Å². The lowest BCUT2D eigenvalue weighted by Crippen LogP contribution is -2.32. The molecule has 0 fully saturated rings. The summed E-state index contributed by atoms with van der Waals surface area (Å²) in [6.07, 6.45) is 3.43. The Kier molecular flexibility index (Phi) is 5.24. The molecule has 1 N–H and O–H groups in total. The molecule has 2 aromatic carbocycles. The third-order valence-electron chi connectivity index (χ3n) is 4.78. The lowest BCUT2D eigenvalue weighted by molar-refractivity contribution is -0.121. The Labute approximate surface area is 167 Å². The minimum Gasteiger partial charge on any atom is -0.350 e. The fourth-order valence-electron chi connectivity index (χ4n) is 3.34. The number of halogens is 1. The van der Waals surface area contributed by atoms with Gasteiger partial charge in [0.1, 0.15) is 17.9 Å². The molecule has 146 valence electrons. The molecule has 1 amide bonds. The van der Waals surface area contributed by atoms with Crippen molar-refractivity contribution in [3.63, 3.8) is 0 Å². The van der Waals surface area contributed by atoms with Crippen LogP contribution in [0.3, 0.4) is 0 Å². The average molecular weight is 389 g/mol. The summed E-state index contributed by atoms with van der Waals surface area (Å²) in [7, 11) is 0. The number of pyridine rings is 1. The predicted molar refractivity (Wildman–Crippen MR) is 110 cm³/mol. The van der Waals surface area contributed by atoms with Gasteiger partial charge in [0, 0.05) is 30.9 Å². The van der Waals surface area contributed by atoms with Gasteiger partial charge in [0.2, 0.25) is 5.91 Å². The highest BCUT2D eigenvalue weighted by atomic mass is 19.1. The van der Waals surface area contributed by atoms with Gasteiger partial charge >= 0.3 is 0 Å². The lowest BCUT2D eigenvalue weighted by atomic mass is 10.2. The lowest BCUT2D eigenvalue weighted by Gasteiger charge is -2.10. The van der Waals surface area contributed by atoms with E-state index in [1.807, 2.05) is 48.5 Å². The number of rotatable bonds is 6. The van der Waals surface area contributed by atoms with Gasteiger partial charge in [-0.1, -0.05) is 42.5 Å². The Hall–Kier alpha value is -3.67. The van der Waals surface area contributed by atoms with Gasteiger partial charge in [-0.05, 0) is 35.4 Å². The van der Waals surface area contributed by atoms with Gasteiger partial charge < -0.3 is 14.5 Å². The van der Waals surface area contributed by atoms with E-state index in [4.69, 9.17) is 0 Å². The first kappa shape index (κ1) is 18.7. The molecule has 0 saturated carbocycles.